The first kappa shape index (κ1) is 26.3. The molecule has 0 aliphatic rings. The van der Waals surface area contributed by atoms with Crippen LogP contribution in [0.1, 0.15) is 15.9 Å². The molecule has 0 fully saturated rings. The van der Waals surface area contributed by atoms with Crippen molar-refractivity contribution in [3.8, 4) is 23.3 Å². The predicted octanol–water partition coefficient (Wildman–Crippen LogP) is 6.38. The second-order valence-electron chi connectivity index (χ2n) is 6.88. The van der Waals surface area contributed by atoms with Crippen LogP contribution in [-0.4, -0.2) is 26.1 Å². The minimum absolute atomic E-state index is 0.166. The molecule has 3 aromatic rings. The predicted molar refractivity (Wildman–Crippen MR) is 142 cm³/mol. The van der Waals surface area contributed by atoms with Crippen molar-refractivity contribution in [1.29, 1.82) is 5.26 Å². The Kier molecular flexibility index (Phi) is 8.98. The standard InChI is InChI=1S/C25H17Cl2IN2O5/c1-33-17-8-6-15(7-9-17)25(32)35-23-19(28)11-14(12-21(23)34-2)10-16(13-29)24(31)30-20-5-3-4-18(26)22(20)27/h3-12H,1-2H3,(H,30,31)/b16-10+. The van der Waals surface area contributed by atoms with E-state index in [4.69, 9.17) is 37.4 Å². The highest BCUT2D eigenvalue weighted by atomic mass is 127. The van der Waals surface area contributed by atoms with E-state index in [2.05, 4.69) is 5.32 Å². The molecule has 0 aliphatic heterocycles. The molecule has 3 aromatic carbocycles. The van der Waals surface area contributed by atoms with E-state index >= 15 is 0 Å². The summed E-state index contributed by atoms with van der Waals surface area (Å²) in [4.78, 5) is 25.3. The Balaban J connectivity index is 1.86. The molecule has 0 aromatic heterocycles. The summed E-state index contributed by atoms with van der Waals surface area (Å²) < 4.78 is 16.6. The fourth-order valence-corrected chi connectivity index (χ4v) is 3.99. The summed E-state index contributed by atoms with van der Waals surface area (Å²) in [5, 5.41) is 12.5. The zero-order chi connectivity index (χ0) is 25.5. The Morgan fingerprint density at radius 1 is 1.06 bits per heavy atom. The molecule has 10 heteroatoms. The Morgan fingerprint density at radius 3 is 2.40 bits per heavy atom. The molecule has 0 spiro atoms. The summed E-state index contributed by atoms with van der Waals surface area (Å²) in [5.41, 5.74) is 0.912. The van der Waals surface area contributed by atoms with E-state index in [-0.39, 0.29) is 32.8 Å². The number of hydrogen-bond acceptors (Lipinski definition) is 6. The smallest absolute Gasteiger partial charge is 0.343 e. The van der Waals surface area contributed by atoms with Gasteiger partial charge in [-0.1, -0.05) is 29.3 Å². The van der Waals surface area contributed by atoms with Crippen LogP contribution in [0.5, 0.6) is 17.2 Å². The molecule has 7 nitrogen and oxygen atoms in total. The van der Waals surface area contributed by atoms with Gasteiger partial charge in [0, 0.05) is 0 Å². The lowest BCUT2D eigenvalue weighted by Gasteiger charge is -2.13. The minimum Gasteiger partial charge on any atom is -0.497 e. The summed E-state index contributed by atoms with van der Waals surface area (Å²) in [6.45, 7) is 0. The summed E-state index contributed by atoms with van der Waals surface area (Å²) in [6, 6.07) is 16.3. The zero-order valence-corrected chi connectivity index (χ0v) is 22.1. The SMILES string of the molecule is COc1ccc(C(=O)Oc2c(I)cc(/C=C(\C#N)C(=O)Nc3cccc(Cl)c3Cl)cc2OC)cc1. The van der Waals surface area contributed by atoms with Gasteiger partial charge in [0.1, 0.15) is 17.4 Å². The van der Waals surface area contributed by atoms with Gasteiger partial charge in [-0.2, -0.15) is 5.26 Å². The number of benzene rings is 3. The van der Waals surface area contributed by atoms with Gasteiger partial charge in [-0.3, -0.25) is 4.79 Å². The molecule has 178 valence electrons. The van der Waals surface area contributed by atoms with Crippen molar-refractivity contribution >= 4 is 69.4 Å². The topological polar surface area (TPSA) is 97.7 Å². The van der Waals surface area contributed by atoms with E-state index < -0.39 is 11.9 Å². The van der Waals surface area contributed by atoms with Gasteiger partial charge >= 0.3 is 5.97 Å². The molecule has 0 bridgehead atoms. The molecule has 0 saturated carbocycles. The summed E-state index contributed by atoms with van der Waals surface area (Å²) in [7, 11) is 2.95. The average Bonchev–Trinajstić information content (AvgIpc) is 2.86. The first-order valence-electron chi connectivity index (χ1n) is 9.88. The van der Waals surface area contributed by atoms with Crippen molar-refractivity contribution in [2.45, 2.75) is 0 Å². The van der Waals surface area contributed by atoms with Crippen LogP contribution in [-0.2, 0) is 4.79 Å². The van der Waals surface area contributed by atoms with Gasteiger partial charge in [-0.05, 0) is 82.8 Å². The molecule has 35 heavy (non-hydrogen) atoms. The molecule has 0 unspecified atom stereocenters. The van der Waals surface area contributed by atoms with Gasteiger partial charge in [-0.25, -0.2) is 4.79 Å². The molecule has 3 rings (SSSR count). The Labute approximate surface area is 225 Å². The molecule has 1 N–H and O–H groups in total. The third kappa shape index (κ3) is 6.45. The number of nitrogens with one attached hydrogen (secondary N) is 1. The van der Waals surface area contributed by atoms with E-state index in [1.54, 1.807) is 54.6 Å². The molecule has 0 saturated heterocycles. The Hall–Kier alpha value is -3.26. The summed E-state index contributed by atoms with van der Waals surface area (Å²) in [5.74, 6) is -0.177. The van der Waals surface area contributed by atoms with Crippen LogP contribution in [0.3, 0.4) is 0 Å². The second-order valence-corrected chi connectivity index (χ2v) is 8.82. The van der Waals surface area contributed by atoms with Crippen molar-refractivity contribution in [2.24, 2.45) is 0 Å². The van der Waals surface area contributed by atoms with Gasteiger partial charge in [-0.15, -0.1) is 0 Å². The monoisotopic (exact) mass is 622 g/mol. The third-order valence-electron chi connectivity index (χ3n) is 4.65. The zero-order valence-electron chi connectivity index (χ0n) is 18.4. The lowest BCUT2D eigenvalue weighted by molar-refractivity contribution is -0.112. The van der Waals surface area contributed by atoms with Crippen molar-refractivity contribution in [1.82, 2.24) is 0 Å². The number of amides is 1. The number of esters is 1. The van der Waals surface area contributed by atoms with Crippen LogP contribution in [0.2, 0.25) is 10.0 Å². The fraction of sp³-hybridized carbons (Fsp3) is 0.0800. The van der Waals surface area contributed by atoms with Crippen LogP contribution < -0.4 is 19.5 Å². The molecule has 0 radical (unpaired) electrons. The minimum atomic E-state index is -0.666. The number of hydrogen-bond donors (Lipinski definition) is 1. The molecule has 0 aliphatic carbocycles. The molecular formula is C25H17Cl2IN2O5. The summed E-state index contributed by atoms with van der Waals surface area (Å²) in [6.07, 6.45) is 1.38. The number of rotatable bonds is 7. The van der Waals surface area contributed by atoms with Crippen molar-refractivity contribution in [3.63, 3.8) is 0 Å². The van der Waals surface area contributed by atoms with Gasteiger partial charge in [0.2, 0.25) is 0 Å². The lowest BCUT2D eigenvalue weighted by Crippen LogP contribution is -2.14. The van der Waals surface area contributed by atoms with Crippen LogP contribution >= 0.6 is 45.8 Å². The van der Waals surface area contributed by atoms with E-state index in [9.17, 15) is 14.9 Å². The average molecular weight is 623 g/mol. The van der Waals surface area contributed by atoms with Gasteiger partial charge < -0.3 is 19.5 Å². The van der Waals surface area contributed by atoms with Crippen molar-refractivity contribution in [3.05, 3.63) is 84.9 Å². The van der Waals surface area contributed by atoms with Crippen LogP contribution in [0, 0.1) is 14.9 Å². The maximum atomic E-state index is 12.7. The molecular weight excluding hydrogens is 606 g/mol. The first-order chi connectivity index (χ1) is 16.8. The number of anilines is 1. The number of ether oxygens (including phenoxy) is 3. The number of carbonyl (C=O) groups excluding carboxylic acids is 2. The van der Waals surface area contributed by atoms with Crippen LogP contribution in [0.15, 0.2) is 60.2 Å². The molecule has 1 amide bonds. The van der Waals surface area contributed by atoms with Crippen LogP contribution in [0.25, 0.3) is 6.08 Å². The Morgan fingerprint density at radius 2 is 1.77 bits per heavy atom. The van der Waals surface area contributed by atoms with E-state index in [1.165, 1.54) is 20.3 Å². The fourth-order valence-electron chi connectivity index (χ4n) is 2.91. The van der Waals surface area contributed by atoms with Gasteiger partial charge in [0.25, 0.3) is 5.91 Å². The highest BCUT2D eigenvalue weighted by Gasteiger charge is 2.18. The summed E-state index contributed by atoms with van der Waals surface area (Å²) >= 11 is 14.1. The number of nitrogens with zero attached hydrogens (tertiary/aromatic N) is 1. The maximum Gasteiger partial charge on any atom is 0.343 e. The normalized spacial score (nSPS) is 10.8. The van der Waals surface area contributed by atoms with Gasteiger partial charge in [0.15, 0.2) is 11.5 Å². The number of halogens is 3. The quantitative estimate of drug-likeness (QED) is 0.108. The van der Waals surface area contributed by atoms with Crippen molar-refractivity contribution in [2.75, 3.05) is 19.5 Å². The molecule has 0 heterocycles. The number of methoxy groups -OCH3 is 2. The maximum absolute atomic E-state index is 12.7. The molecule has 0 atom stereocenters. The largest absolute Gasteiger partial charge is 0.497 e. The van der Waals surface area contributed by atoms with Crippen molar-refractivity contribution < 1.29 is 23.8 Å². The van der Waals surface area contributed by atoms with Gasteiger partial charge in [0.05, 0.1) is 39.1 Å². The van der Waals surface area contributed by atoms with Crippen LogP contribution in [0.4, 0.5) is 5.69 Å². The Bertz CT molecular complexity index is 1350. The highest BCUT2D eigenvalue weighted by Crippen LogP contribution is 2.35. The lowest BCUT2D eigenvalue weighted by atomic mass is 10.1. The van der Waals surface area contributed by atoms with E-state index in [0.717, 1.165) is 0 Å². The first-order valence-corrected chi connectivity index (χ1v) is 11.7. The number of nitriles is 1. The third-order valence-corrected chi connectivity index (χ3v) is 6.27. The van der Waals surface area contributed by atoms with E-state index in [0.29, 0.717) is 20.4 Å². The number of carbonyl (C=O) groups is 2. The highest BCUT2D eigenvalue weighted by molar-refractivity contribution is 14.1. The second kappa shape index (κ2) is 11.9. The van der Waals surface area contributed by atoms with E-state index in [1.807, 2.05) is 28.7 Å².